The summed E-state index contributed by atoms with van der Waals surface area (Å²) in [5, 5.41) is 0.253. The second kappa shape index (κ2) is 8.84. The molecule has 5 aromatic rings. The van der Waals surface area contributed by atoms with Gasteiger partial charge in [-0.15, -0.1) is 0 Å². The number of benzene rings is 2. The Morgan fingerprint density at radius 1 is 1.03 bits per heavy atom. The molecule has 0 bridgehead atoms. The number of hydrogen-bond acceptors (Lipinski definition) is 4. The number of halogens is 3. The number of nitrogens with zero attached hydrogens (tertiary/aromatic N) is 5. The van der Waals surface area contributed by atoms with Crippen molar-refractivity contribution in [1.29, 1.82) is 0 Å². The van der Waals surface area contributed by atoms with Crippen molar-refractivity contribution in [1.82, 2.24) is 24.2 Å². The van der Waals surface area contributed by atoms with E-state index < -0.39 is 11.9 Å². The van der Waals surface area contributed by atoms with Gasteiger partial charge >= 0.3 is 0 Å². The lowest BCUT2D eigenvalue weighted by Crippen LogP contribution is -2.16. The summed E-state index contributed by atoms with van der Waals surface area (Å²) in [7, 11) is 0. The second-order valence-corrected chi connectivity index (χ2v) is 8.31. The molecule has 6 nitrogen and oxygen atoms in total. The van der Waals surface area contributed by atoms with Crippen molar-refractivity contribution in [3.05, 3.63) is 100 Å². The molecule has 0 saturated carbocycles. The van der Waals surface area contributed by atoms with Gasteiger partial charge in [0.05, 0.1) is 17.5 Å². The van der Waals surface area contributed by atoms with Gasteiger partial charge < -0.3 is 9.40 Å². The summed E-state index contributed by atoms with van der Waals surface area (Å²) >= 11 is 12.4. The van der Waals surface area contributed by atoms with Crippen molar-refractivity contribution >= 4 is 34.4 Å². The Kier molecular flexibility index (Phi) is 5.74. The van der Waals surface area contributed by atoms with Gasteiger partial charge in [0.15, 0.2) is 11.8 Å². The maximum Gasteiger partial charge on any atom is 0.194 e. The summed E-state index contributed by atoms with van der Waals surface area (Å²) in [6, 6.07) is 14.6. The van der Waals surface area contributed by atoms with Crippen LogP contribution in [-0.2, 0) is 6.54 Å². The van der Waals surface area contributed by atoms with E-state index in [1.807, 2.05) is 29.0 Å². The average molecular weight is 482 g/mol. The predicted molar refractivity (Wildman–Crippen MR) is 126 cm³/mol. The van der Waals surface area contributed by atoms with Crippen molar-refractivity contribution < 1.29 is 9.23 Å². The molecule has 5 rings (SSSR count). The normalized spacial score (nSPS) is 12.2. The molecule has 1 atom stereocenters. The molecule has 0 spiro atoms. The van der Waals surface area contributed by atoms with E-state index in [1.54, 1.807) is 31.7 Å². The fraction of sp³-hybridized carbons (Fsp3) is 0.125. The van der Waals surface area contributed by atoms with Gasteiger partial charge in [-0.3, -0.25) is 4.98 Å². The highest BCUT2D eigenvalue weighted by Crippen LogP contribution is 2.33. The van der Waals surface area contributed by atoms with Crippen molar-refractivity contribution in [2.75, 3.05) is 0 Å². The SMILES string of the molecule is CC(On1ccc2ncc(-c3cn(Cc4ccccc4)cn3)nc21)c1c(Cl)ccc(F)c1Cl. The molecule has 1 unspecified atom stereocenters. The van der Waals surface area contributed by atoms with Crippen LogP contribution in [0.1, 0.15) is 24.2 Å². The molecule has 2 aromatic carbocycles. The Balaban J connectivity index is 1.42. The van der Waals surface area contributed by atoms with Crippen LogP contribution in [0.2, 0.25) is 10.0 Å². The van der Waals surface area contributed by atoms with Crippen LogP contribution in [0.25, 0.3) is 22.6 Å². The molecule has 0 fully saturated rings. The van der Waals surface area contributed by atoms with Crippen LogP contribution in [0.3, 0.4) is 0 Å². The zero-order valence-electron chi connectivity index (χ0n) is 17.5. The van der Waals surface area contributed by atoms with Gasteiger partial charge in [0.25, 0.3) is 0 Å². The monoisotopic (exact) mass is 481 g/mol. The number of fused-ring (bicyclic) bond motifs is 1. The standard InChI is InChI=1S/C24H18Cl2FN5O/c1-15(22-17(25)7-8-18(27)23(22)26)33-32-10-9-19-24(32)30-20(11-28-19)21-13-31(14-29-21)12-16-5-3-2-4-6-16/h2-11,13-15H,12H2,1H3. The Morgan fingerprint density at radius 2 is 1.85 bits per heavy atom. The Hall–Kier alpha value is -3.42. The summed E-state index contributed by atoms with van der Waals surface area (Å²) in [4.78, 5) is 19.6. The summed E-state index contributed by atoms with van der Waals surface area (Å²) in [5.74, 6) is -0.558. The molecule has 0 N–H and O–H groups in total. The first kappa shape index (κ1) is 21.4. The maximum atomic E-state index is 13.9. The van der Waals surface area contributed by atoms with Crippen molar-refractivity contribution in [2.24, 2.45) is 0 Å². The maximum absolute atomic E-state index is 13.9. The van der Waals surface area contributed by atoms with Gasteiger partial charge in [-0.25, -0.2) is 14.4 Å². The third-order valence-corrected chi connectivity index (χ3v) is 5.93. The zero-order valence-corrected chi connectivity index (χ0v) is 19.0. The Bertz CT molecular complexity index is 1430. The van der Waals surface area contributed by atoms with Crippen LogP contribution in [0, 0.1) is 5.82 Å². The number of rotatable bonds is 6. The number of imidazole rings is 1. The molecular formula is C24H18Cl2FN5O. The second-order valence-electron chi connectivity index (χ2n) is 7.53. The highest BCUT2D eigenvalue weighted by molar-refractivity contribution is 6.36. The van der Waals surface area contributed by atoms with E-state index in [4.69, 9.17) is 33.0 Å². The van der Waals surface area contributed by atoms with Gasteiger partial charge in [-0.2, -0.15) is 4.73 Å². The summed E-state index contributed by atoms with van der Waals surface area (Å²) in [6.07, 6.45) is 6.42. The van der Waals surface area contributed by atoms with Crippen LogP contribution in [-0.4, -0.2) is 24.2 Å². The molecule has 3 heterocycles. The van der Waals surface area contributed by atoms with Crippen LogP contribution >= 0.6 is 23.2 Å². The average Bonchev–Trinajstić information content (AvgIpc) is 3.44. The van der Waals surface area contributed by atoms with Crippen molar-refractivity contribution in [3.63, 3.8) is 0 Å². The minimum atomic E-state index is -0.633. The molecule has 0 aliphatic rings. The Labute approximate surface area is 199 Å². The third-order valence-electron chi connectivity index (χ3n) is 5.22. The van der Waals surface area contributed by atoms with E-state index in [1.165, 1.54) is 22.4 Å². The molecule has 0 aliphatic heterocycles. The number of hydrogen-bond donors (Lipinski definition) is 0. The van der Waals surface area contributed by atoms with Crippen LogP contribution in [0.15, 0.2) is 73.4 Å². The largest absolute Gasteiger partial charge is 0.404 e. The van der Waals surface area contributed by atoms with Crippen molar-refractivity contribution in [2.45, 2.75) is 19.6 Å². The molecule has 0 saturated heterocycles. The lowest BCUT2D eigenvalue weighted by atomic mass is 10.1. The van der Waals surface area contributed by atoms with Gasteiger partial charge in [-0.1, -0.05) is 53.5 Å². The van der Waals surface area contributed by atoms with Crippen LogP contribution in [0.4, 0.5) is 4.39 Å². The molecule has 0 amide bonds. The fourth-order valence-electron chi connectivity index (χ4n) is 3.60. The fourth-order valence-corrected chi connectivity index (χ4v) is 4.28. The molecule has 9 heteroatoms. The minimum Gasteiger partial charge on any atom is -0.404 e. The first-order valence-electron chi connectivity index (χ1n) is 10.2. The number of aromatic nitrogens is 5. The van der Waals surface area contributed by atoms with E-state index in [9.17, 15) is 4.39 Å². The highest BCUT2D eigenvalue weighted by Gasteiger charge is 2.20. The first-order chi connectivity index (χ1) is 16.0. The van der Waals surface area contributed by atoms with Gasteiger partial charge in [0, 0.05) is 29.5 Å². The van der Waals surface area contributed by atoms with Crippen LogP contribution < -0.4 is 4.84 Å². The third kappa shape index (κ3) is 4.29. The van der Waals surface area contributed by atoms with E-state index in [2.05, 4.69) is 22.1 Å². The molecule has 166 valence electrons. The highest BCUT2D eigenvalue weighted by atomic mass is 35.5. The Morgan fingerprint density at radius 3 is 2.67 bits per heavy atom. The van der Waals surface area contributed by atoms with Gasteiger partial charge in [-0.05, 0) is 30.7 Å². The van der Waals surface area contributed by atoms with E-state index in [0.29, 0.717) is 39.7 Å². The van der Waals surface area contributed by atoms with Crippen LogP contribution in [0.5, 0.6) is 0 Å². The van der Waals surface area contributed by atoms with Gasteiger partial charge in [0.2, 0.25) is 0 Å². The quantitative estimate of drug-likeness (QED) is 0.280. The lowest BCUT2D eigenvalue weighted by molar-refractivity contribution is 0.0551. The molecule has 33 heavy (non-hydrogen) atoms. The smallest absolute Gasteiger partial charge is 0.194 e. The summed E-state index contributed by atoms with van der Waals surface area (Å²) in [5.41, 5.74) is 3.98. The lowest BCUT2D eigenvalue weighted by Gasteiger charge is -2.18. The molecule has 3 aromatic heterocycles. The topological polar surface area (TPSA) is 57.8 Å². The van der Waals surface area contributed by atoms with E-state index in [-0.39, 0.29) is 5.02 Å². The van der Waals surface area contributed by atoms with E-state index in [0.717, 1.165) is 0 Å². The predicted octanol–water partition coefficient (Wildman–Crippen LogP) is 5.98. The molecular weight excluding hydrogens is 464 g/mol. The molecule has 0 aliphatic carbocycles. The minimum absolute atomic E-state index is 0.0674. The van der Waals surface area contributed by atoms with Gasteiger partial charge in [0.1, 0.15) is 22.7 Å². The van der Waals surface area contributed by atoms with Crippen molar-refractivity contribution in [3.8, 4) is 11.4 Å². The van der Waals surface area contributed by atoms with E-state index >= 15 is 0 Å². The summed E-state index contributed by atoms with van der Waals surface area (Å²) < 4.78 is 17.4. The summed E-state index contributed by atoms with van der Waals surface area (Å²) in [6.45, 7) is 2.44. The molecule has 0 radical (unpaired) electrons. The zero-order chi connectivity index (χ0) is 22.9. The first-order valence-corrected chi connectivity index (χ1v) is 11.0.